The van der Waals surface area contributed by atoms with E-state index in [0.717, 1.165) is 17.4 Å². The topological polar surface area (TPSA) is 54.0 Å². The van der Waals surface area contributed by atoms with E-state index >= 15 is 0 Å². The molecule has 0 radical (unpaired) electrons. The summed E-state index contributed by atoms with van der Waals surface area (Å²) in [5.41, 5.74) is 1.53. The SMILES string of the molecule is CNc1cc(C(=O)NCC2CCCS2)c2ccccc2n1. The number of hydrogen-bond donors (Lipinski definition) is 2. The van der Waals surface area contributed by atoms with E-state index in [1.165, 1.54) is 18.6 Å². The first kappa shape index (κ1) is 14.2. The number of nitrogens with zero attached hydrogens (tertiary/aromatic N) is 1. The van der Waals surface area contributed by atoms with Gasteiger partial charge in [-0.25, -0.2) is 4.98 Å². The van der Waals surface area contributed by atoms with Crippen LogP contribution in [0.4, 0.5) is 5.82 Å². The standard InChI is InChI=1S/C16H19N3OS/c1-17-15-9-13(12-6-2-3-7-14(12)19-15)16(20)18-10-11-5-4-8-21-11/h2-3,6-7,9,11H,4-5,8,10H2,1H3,(H,17,19)(H,18,20). The Morgan fingerprint density at radius 1 is 1.43 bits per heavy atom. The minimum absolute atomic E-state index is 0.0161. The van der Waals surface area contributed by atoms with Crippen molar-refractivity contribution in [2.75, 3.05) is 24.7 Å². The summed E-state index contributed by atoms with van der Waals surface area (Å²) in [6, 6.07) is 9.57. The molecule has 4 nitrogen and oxygen atoms in total. The van der Waals surface area contributed by atoms with Crippen LogP contribution in [0.15, 0.2) is 30.3 Å². The van der Waals surface area contributed by atoms with Crippen molar-refractivity contribution in [2.45, 2.75) is 18.1 Å². The van der Waals surface area contributed by atoms with Gasteiger partial charge < -0.3 is 10.6 Å². The number of pyridine rings is 1. The second-order valence-corrected chi connectivity index (χ2v) is 6.58. The van der Waals surface area contributed by atoms with Crippen LogP contribution >= 0.6 is 11.8 Å². The summed E-state index contributed by atoms with van der Waals surface area (Å²) in [4.78, 5) is 17.0. The van der Waals surface area contributed by atoms with Gasteiger partial charge in [0, 0.05) is 24.2 Å². The number of hydrogen-bond acceptors (Lipinski definition) is 4. The molecule has 0 aliphatic carbocycles. The third-order valence-electron chi connectivity index (χ3n) is 3.73. The van der Waals surface area contributed by atoms with E-state index < -0.39 is 0 Å². The maximum Gasteiger partial charge on any atom is 0.252 e. The Kier molecular flexibility index (Phi) is 4.29. The largest absolute Gasteiger partial charge is 0.373 e. The van der Waals surface area contributed by atoms with Crippen LogP contribution in [0.2, 0.25) is 0 Å². The summed E-state index contributed by atoms with van der Waals surface area (Å²) in [6.45, 7) is 0.745. The molecule has 3 rings (SSSR count). The molecule has 1 aliphatic rings. The molecule has 2 N–H and O–H groups in total. The maximum absolute atomic E-state index is 12.5. The zero-order valence-corrected chi connectivity index (χ0v) is 12.9. The van der Waals surface area contributed by atoms with Crippen molar-refractivity contribution in [2.24, 2.45) is 0 Å². The summed E-state index contributed by atoms with van der Waals surface area (Å²) in [5, 5.41) is 7.54. The number of rotatable bonds is 4. The minimum Gasteiger partial charge on any atom is -0.373 e. The van der Waals surface area contributed by atoms with Gasteiger partial charge in [0.15, 0.2) is 0 Å². The van der Waals surface area contributed by atoms with Crippen molar-refractivity contribution in [3.63, 3.8) is 0 Å². The van der Waals surface area contributed by atoms with Gasteiger partial charge in [-0.1, -0.05) is 18.2 Å². The molecule has 21 heavy (non-hydrogen) atoms. The lowest BCUT2D eigenvalue weighted by molar-refractivity contribution is 0.0955. The lowest BCUT2D eigenvalue weighted by Gasteiger charge is -2.12. The maximum atomic E-state index is 12.5. The number of fused-ring (bicyclic) bond motifs is 1. The summed E-state index contributed by atoms with van der Waals surface area (Å²) in [7, 11) is 1.81. The Bertz CT molecular complexity index is 653. The molecule has 0 saturated carbocycles. The smallest absolute Gasteiger partial charge is 0.252 e. The summed E-state index contributed by atoms with van der Waals surface area (Å²) < 4.78 is 0. The van der Waals surface area contributed by atoms with Crippen LogP contribution in [0.25, 0.3) is 10.9 Å². The molecule has 1 fully saturated rings. The second kappa shape index (κ2) is 6.35. The van der Waals surface area contributed by atoms with Crippen molar-refractivity contribution in [1.82, 2.24) is 10.3 Å². The van der Waals surface area contributed by atoms with Gasteiger partial charge in [-0.05, 0) is 30.7 Å². The number of nitrogens with one attached hydrogen (secondary N) is 2. The van der Waals surface area contributed by atoms with Gasteiger partial charge in [-0.2, -0.15) is 11.8 Å². The van der Waals surface area contributed by atoms with E-state index in [0.29, 0.717) is 16.6 Å². The second-order valence-electron chi connectivity index (χ2n) is 5.17. The van der Waals surface area contributed by atoms with E-state index in [1.807, 2.05) is 49.1 Å². The molecule has 2 heterocycles. The third kappa shape index (κ3) is 3.13. The zero-order valence-electron chi connectivity index (χ0n) is 12.1. The first-order valence-electron chi connectivity index (χ1n) is 7.25. The monoisotopic (exact) mass is 301 g/mol. The number of benzene rings is 1. The zero-order chi connectivity index (χ0) is 14.7. The third-order valence-corrected chi connectivity index (χ3v) is 5.13. The van der Waals surface area contributed by atoms with Crippen molar-refractivity contribution in [1.29, 1.82) is 0 Å². The highest BCUT2D eigenvalue weighted by molar-refractivity contribution is 8.00. The van der Waals surface area contributed by atoms with Gasteiger partial charge >= 0.3 is 0 Å². The van der Waals surface area contributed by atoms with E-state index in [1.54, 1.807) is 0 Å². The van der Waals surface area contributed by atoms with Gasteiger partial charge in [0.2, 0.25) is 0 Å². The fourth-order valence-electron chi connectivity index (χ4n) is 2.60. The molecule has 1 unspecified atom stereocenters. The average molecular weight is 301 g/mol. The van der Waals surface area contributed by atoms with Crippen LogP contribution in [-0.4, -0.2) is 35.5 Å². The average Bonchev–Trinajstić information content (AvgIpc) is 3.05. The van der Waals surface area contributed by atoms with Gasteiger partial charge in [-0.15, -0.1) is 0 Å². The predicted molar refractivity (Wildman–Crippen MR) is 89.1 cm³/mol. The first-order chi connectivity index (χ1) is 10.3. The van der Waals surface area contributed by atoms with Gasteiger partial charge in [-0.3, -0.25) is 4.79 Å². The van der Waals surface area contributed by atoms with Crippen LogP contribution < -0.4 is 10.6 Å². The number of carbonyl (C=O) groups is 1. The molecular weight excluding hydrogens is 282 g/mol. The van der Waals surface area contributed by atoms with Crippen LogP contribution in [0, 0.1) is 0 Å². The van der Waals surface area contributed by atoms with Gasteiger partial charge in [0.05, 0.1) is 11.1 Å². The molecular formula is C16H19N3OS. The predicted octanol–water partition coefficient (Wildman–Crippen LogP) is 2.90. The van der Waals surface area contributed by atoms with Crippen molar-refractivity contribution in [3.05, 3.63) is 35.9 Å². The molecule has 1 aromatic carbocycles. The molecule has 110 valence electrons. The Morgan fingerprint density at radius 3 is 3.05 bits per heavy atom. The summed E-state index contributed by atoms with van der Waals surface area (Å²) in [6.07, 6.45) is 2.46. The van der Waals surface area contributed by atoms with Gasteiger partial charge in [0.25, 0.3) is 5.91 Å². The normalized spacial score (nSPS) is 17.9. The summed E-state index contributed by atoms with van der Waals surface area (Å²) >= 11 is 1.95. The lowest BCUT2D eigenvalue weighted by Crippen LogP contribution is -2.30. The Labute approximate surface area is 128 Å². The van der Waals surface area contributed by atoms with E-state index in [-0.39, 0.29) is 5.91 Å². The van der Waals surface area contributed by atoms with Crippen molar-refractivity contribution in [3.8, 4) is 0 Å². The molecule has 0 bridgehead atoms. The quantitative estimate of drug-likeness (QED) is 0.912. The Balaban J connectivity index is 1.85. The van der Waals surface area contributed by atoms with Gasteiger partial charge in [0.1, 0.15) is 5.82 Å². The highest BCUT2D eigenvalue weighted by Crippen LogP contribution is 2.25. The molecule has 1 saturated heterocycles. The van der Waals surface area contributed by atoms with E-state index in [2.05, 4.69) is 15.6 Å². The molecule has 0 spiro atoms. The van der Waals surface area contributed by atoms with Crippen LogP contribution in [0.1, 0.15) is 23.2 Å². The Morgan fingerprint density at radius 2 is 2.29 bits per heavy atom. The van der Waals surface area contributed by atoms with Crippen molar-refractivity contribution >= 4 is 34.4 Å². The van der Waals surface area contributed by atoms with E-state index in [9.17, 15) is 4.79 Å². The minimum atomic E-state index is -0.0161. The number of carbonyl (C=O) groups excluding carboxylic acids is 1. The number of amides is 1. The molecule has 1 amide bonds. The Hall–Kier alpha value is -1.75. The summed E-state index contributed by atoms with van der Waals surface area (Å²) in [5.74, 6) is 1.91. The van der Waals surface area contributed by atoms with Crippen LogP contribution in [0.3, 0.4) is 0 Å². The first-order valence-corrected chi connectivity index (χ1v) is 8.30. The highest BCUT2D eigenvalue weighted by Gasteiger charge is 2.18. The van der Waals surface area contributed by atoms with Crippen LogP contribution in [0.5, 0.6) is 0 Å². The molecule has 1 aromatic heterocycles. The van der Waals surface area contributed by atoms with Crippen LogP contribution in [-0.2, 0) is 0 Å². The molecule has 2 aromatic rings. The number of para-hydroxylation sites is 1. The van der Waals surface area contributed by atoms with E-state index in [4.69, 9.17) is 0 Å². The lowest BCUT2D eigenvalue weighted by atomic mass is 10.1. The molecule has 5 heteroatoms. The molecule has 1 atom stereocenters. The fourth-order valence-corrected chi connectivity index (χ4v) is 3.80. The highest BCUT2D eigenvalue weighted by atomic mass is 32.2. The number of anilines is 1. The number of aromatic nitrogens is 1. The van der Waals surface area contributed by atoms with Crippen molar-refractivity contribution < 1.29 is 4.79 Å². The number of thioether (sulfide) groups is 1. The fraction of sp³-hybridized carbons (Fsp3) is 0.375. The molecule has 1 aliphatic heterocycles.